The van der Waals surface area contributed by atoms with Crippen molar-refractivity contribution in [2.24, 2.45) is 5.10 Å². The largest absolute Gasteiger partial charge is 0.494 e. The van der Waals surface area contributed by atoms with Gasteiger partial charge in [-0.2, -0.15) is 9.78 Å². The highest BCUT2D eigenvalue weighted by Gasteiger charge is 2.21. The molecule has 1 aliphatic rings. The Balaban J connectivity index is 1.70. The molecule has 0 radical (unpaired) electrons. The quantitative estimate of drug-likeness (QED) is 0.632. The van der Waals surface area contributed by atoms with Gasteiger partial charge in [-0.3, -0.25) is 0 Å². The van der Waals surface area contributed by atoms with Crippen molar-refractivity contribution in [1.29, 1.82) is 0 Å². The Morgan fingerprint density at radius 2 is 1.71 bits per heavy atom. The molecule has 2 heterocycles. The van der Waals surface area contributed by atoms with Crippen molar-refractivity contribution in [2.75, 3.05) is 26.6 Å². The summed E-state index contributed by atoms with van der Waals surface area (Å²) >= 11 is 1.61. The molecule has 0 fully saturated rings. The summed E-state index contributed by atoms with van der Waals surface area (Å²) in [6.45, 7) is 2.62. The third kappa shape index (κ3) is 3.43. The Morgan fingerprint density at radius 3 is 2.43 bits per heavy atom. The lowest BCUT2D eigenvalue weighted by atomic mass is 10.1. The first-order chi connectivity index (χ1) is 13.7. The van der Waals surface area contributed by atoms with E-state index in [1.54, 1.807) is 30.7 Å². The molecule has 1 aliphatic heterocycles. The molecule has 4 rings (SSSR count). The van der Waals surface area contributed by atoms with Gasteiger partial charge in [0.25, 0.3) is 0 Å². The first-order valence-electron chi connectivity index (χ1n) is 8.85. The van der Waals surface area contributed by atoms with Gasteiger partial charge >= 0.3 is 0 Å². The summed E-state index contributed by atoms with van der Waals surface area (Å²) in [5, 5.41) is 14.2. The van der Waals surface area contributed by atoms with E-state index in [9.17, 15) is 0 Å². The van der Waals surface area contributed by atoms with Gasteiger partial charge in [-0.15, -0.1) is 10.2 Å². The van der Waals surface area contributed by atoms with Crippen LogP contribution in [0.2, 0.25) is 0 Å². The van der Waals surface area contributed by atoms with E-state index >= 15 is 0 Å². The minimum absolute atomic E-state index is 0.636. The van der Waals surface area contributed by atoms with E-state index in [2.05, 4.69) is 10.2 Å². The van der Waals surface area contributed by atoms with E-state index in [1.165, 1.54) is 0 Å². The minimum atomic E-state index is 0.636. The van der Waals surface area contributed by atoms with Gasteiger partial charge in [0.2, 0.25) is 5.16 Å². The second-order valence-electron chi connectivity index (χ2n) is 5.98. The number of hydrogen-bond donors (Lipinski definition) is 0. The molecule has 2 aromatic carbocycles. The average molecular weight is 396 g/mol. The summed E-state index contributed by atoms with van der Waals surface area (Å²) < 4.78 is 18.0. The van der Waals surface area contributed by atoms with Gasteiger partial charge in [0.15, 0.2) is 17.3 Å². The Morgan fingerprint density at radius 1 is 0.964 bits per heavy atom. The van der Waals surface area contributed by atoms with Gasteiger partial charge < -0.3 is 14.2 Å². The standard InChI is InChI=1S/C20H20N4O3S/c1-4-27-15-8-5-13(6-9-15)16-12-28-20-22-21-19(24(20)23-16)14-7-10-17(25-2)18(11-14)26-3/h5-11H,4,12H2,1-3H3. The van der Waals surface area contributed by atoms with Gasteiger partial charge in [0.05, 0.1) is 26.5 Å². The first kappa shape index (κ1) is 18.4. The number of rotatable bonds is 6. The molecule has 0 spiro atoms. The number of fused-ring (bicyclic) bond motifs is 1. The van der Waals surface area contributed by atoms with Crippen LogP contribution in [0.5, 0.6) is 17.2 Å². The molecule has 144 valence electrons. The molecule has 0 saturated carbocycles. The highest BCUT2D eigenvalue weighted by atomic mass is 32.2. The van der Waals surface area contributed by atoms with Crippen molar-refractivity contribution >= 4 is 17.5 Å². The topological polar surface area (TPSA) is 70.8 Å². The van der Waals surface area contributed by atoms with Crippen molar-refractivity contribution in [3.05, 3.63) is 48.0 Å². The molecule has 0 unspecified atom stereocenters. The fourth-order valence-electron chi connectivity index (χ4n) is 2.93. The molecule has 0 saturated heterocycles. The lowest BCUT2D eigenvalue weighted by Crippen LogP contribution is -2.13. The maximum atomic E-state index is 5.52. The summed E-state index contributed by atoms with van der Waals surface area (Å²) in [6, 6.07) is 13.6. The van der Waals surface area contributed by atoms with Gasteiger partial charge in [-0.1, -0.05) is 11.8 Å². The fraction of sp³-hybridized carbons (Fsp3) is 0.250. The molecule has 0 N–H and O–H groups in total. The number of nitrogens with zero attached hydrogens (tertiary/aromatic N) is 4. The van der Waals surface area contributed by atoms with Crippen LogP contribution in [0.15, 0.2) is 52.7 Å². The van der Waals surface area contributed by atoms with E-state index in [4.69, 9.17) is 19.3 Å². The van der Waals surface area contributed by atoms with Crippen LogP contribution >= 0.6 is 11.8 Å². The van der Waals surface area contributed by atoms with Crippen LogP contribution in [0.25, 0.3) is 11.4 Å². The zero-order chi connectivity index (χ0) is 19.5. The van der Waals surface area contributed by atoms with Gasteiger partial charge in [-0.05, 0) is 55.0 Å². The smallest absolute Gasteiger partial charge is 0.212 e. The minimum Gasteiger partial charge on any atom is -0.494 e. The van der Waals surface area contributed by atoms with E-state index in [0.717, 1.165) is 33.5 Å². The van der Waals surface area contributed by atoms with Crippen LogP contribution in [0.3, 0.4) is 0 Å². The third-order valence-corrected chi connectivity index (χ3v) is 5.24. The van der Waals surface area contributed by atoms with Crippen LogP contribution in [-0.4, -0.2) is 47.2 Å². The van der Waals surface area contributed by atoms with Gasteiger partial charge in [0.1, 0.15) is 5.75 Å². The van der Waals surface area contributed by atoms with Crippen molar-refractivity contribution in [3.63, 3.8) is 0 Å². The third-order valence-electron chi connectivity index (χ3n) is 4.31. The summed E-state index contributed by atoms with van der Waals surface area (Å²) in [5.74, 6) is 3.55. The molecular weight excluding hydrogens is 376 g/mol. The van der Waals surface area contributed by atoms with Crippen LogP contribution in [0.4, 0.5) is 0 Å². The molecule has 3 aromatic rings. The monoisotopic (exact) mass is 396 g/mol. The predicted octanol–water partition coefficient (Wildman–Crippen LogP) is 3.72. The Hall–Kier alpha value is -3.00. The molecule has 0 bridgehead atoms. The number of thioether (sulfide) groups is 1. The van der Waals surface area contributed by atoms with Crippen molar-refractivity contribution < 1.29 is 14.2 Å². The normalized spacial score (nSPS) is 12.9. The maximum absolute atomic E-state index is 5.52. The molecule has 0 atom stereocenters. The predicted molar refractivity (Wildman–Crippen MR) is 109 cm³/mol. The summed E-state index contributed by atoms with van der Waals surface area (Å²) in [4.78, 5) is 0. The number of methoxy groups -OCH3 is 2. The molecule has 8 heteroatoms. The summed E-state index contributed by atoms with van der Waals surface area (Å²) in [7, 11) is 3.22. The first-order valence-corrected chi connectivity index (χ1v) is 9.83. The molecule has 7 nitrogen and oxygen atoms in total. The summed E-state index contributed by atoms with van der Waals surface area (Å²) in [6.07, 6.45) is 0. The highest BCUT2D eigenvalue weighted by Crippen LogP contribution is 2.34. The van der Waals surface area contributed by atoms with Crippen LogP contribution in [-0.2, 0) is 0 Å². The van der Waals surface area contributed by atoms with Crippen molar-refractivity contribution in [2.45, 2.75) is 12.1 Å². The van der Waals surface area contributed by atoms with Crippen LogP contribution in [0, 0.1) is 0 Å². The Bertz CT molecular complexity index is 1010. The second-order valence-corrected chi connectivity index (χ2v) is 6.92. The van der Waals surface area contributed by atoms with Crippen molar-refractivity contribution in [3.8, 4) is 28.6 Å². The van der Waals surface area contributed by atoms with Crippen LogP contribution in [0.1, 0.15) is 12.5 Å². The molecule has 0 aliphatic carbocycles. The SMILES string of the molecule is CCOc1ccc(C2=Nn3c(nnc3-c3ccc(OC)c(OC)c3)SC2)cc1. The Kier molecular flexibility index (Phi) is 5.21. The maximum Gasteiger partial charge on any atom is 0.212 e. The second kappa shape index (κ2) is 7.93. The lowest BCUT2D eigenvalue weighted by Gasteiger charge is -2.15. The fourth-order valence-corrected chi connectivity index (χ4v) is 3.77. The van der Waals surface area contributed by atoms with Crippen LogP contribution < -0.4 is 14.2 Å². The van der Waals surface area contributed by atoms with Gasteiger partial charge in [0, 0.05) is 11.3 Å². The van der Waals surface area contributed by atoms with E-state index < -0.39 is 0 Å². The molecular formula is C20H20N4O3S. The average Bonchev–Trinajstić information content (AvgIpc) is 3.17. The molecule has 0 amide bonds. The highest BCUT2D eigenvalue weighted by molar-refractivity contribution is 7.99. The zero-order valence-corrected chi connectivity index (χ0v) is 16.7. The van der Waals surface area contributed by atoms with E-state index in [-0.39, 0.29) is 0 Å². The summed E-state index contributed by atoms with van der Waals surface area (Å²) in [5.41, 5.74) is 2.87. The number of benzene rings is 2. The van der Waals surface area contributed by atoms with Crippen molar-refractivity contribution in [1.82, 2.24) is 14.9 Å². The van der Waals surface area contributed by atoms with E-state index in [0.29, 0.717) is 23.9 Å². The number of aromatic nitrogens is 3. The Labute approximate surface area is 167 Å². The number of ether oxygens (including phenoxy) is 3. The number of hydrogen-bond acceptors (Lipinski definition) is 7. The molecule has 28 heavy (non-hydrogen) atoms. The molecule has 1 aromatic heterocycles. The van der Waals surface area contributed by atoms with E-state index in [1.807, 2.05) is 49.4 Å². The lowest BCUT2D eigenvalue weighted by molar-refractivity contribution is 0.340. The van der Waals surface area contributed by atoms with Gasteiger partial charge in [-0.25, -0.2) is 0 Å². The zero-order valence-electron chi connectivity index (χ0n) is 15.9.